The summed E-state index contributed by atoms with van der Waals surface area (Å²) in [4.78, 5) is 27.6. The summed E-state index contributed by atoms with van der Waals surface area (Å²) in [6.07, 6.45) is 0. The fourth-order valence-corrected chi connectivity index (χ4v) is 2.79. The monoisotopic (exact) mass is 367 g/mol. The minimum Gasteiger partial charge on any atom is -0.487 e. The molecule has 0 aliphatic carbocycles. The number of benzene rings is 2. The topological polar surface area (TPSA) is 80.3 Å². The standard InChI is InChI=1S/C19H17N3O3S/c1-13(23)21-15-3-2-4-16(9-15)22-19(24)14-5-7-18(8-6-14)25-10-17-11-26-12-20-17/h2-9,11-12H,10H2,1H3,(H,21,23)(H,22,24). The Labute approximate surface area is 154 Å². The number of hydrogen-bond acceptors (Lipinski definition) is 5. The van der Waals surface area contributed by atoms with Gasteiger partial charge in [0.25, 0.3) is 5.91 Å². The van der Waals surface area contributed by atoms with Crippen molar-refractivity contribution in [2.24, 2.45) is 0 Å². The summed E-state index contributed by atoms with van der Waals surface area (Å²) < 4.78 is 5.63. The number of anilines is 2. The first kappa shape index (κ1) is 17.6. The van der Waals surface area contributed by atoms with Gasteiger partial charge in [-0.25, -0.2) is 4.98 Å². The van der Waals surface area contributed by atoms with E-state index in [9.17, 15) is 9.59 Å². The number of nitrogens with zero attached hydrogens (tertiary/aromatic N) is 1. The highest BCUT2D eigenvalue weighted by molar-refractivity contribution is 7.07. The zero-order chi connectivity index (χ0) is 18.4. The van der Waals surface area contributed by atoms with E-state index in [1.165, 1.54) is 18.3 Å². The SMILES string of the molecule is CC(=O)Nc1cccc(NC(=O)c2ccc(OCc3cscn3)cc2)c1. The van der Waals surface area contributed by atoms with Crippen LogP contribution in [0.1, 0.15) is 23.0 Å². The third-order valence-corrected chi connectivity index (χ3v) is 4.06. The van der Waals surface area contributed by atoms with Gasteiger partial charge in [0.1, 0.15) is 12.4 Å². The van der Waals surface area contributed by atoms with Gasteiger partial charge in [0, 0.05) is 29.2 Å². The number of ether oxygens (including phenoxy) is 1. The molecule has 0 spiro atoms. The molecule has 2 amide bonds. The number of amides is 2. The van der Waals surface area contributed by atoms with Crippen molar-refractivity contribution in [3.8, 4) is 5.75 Å². The Balaban J connectivity index is 1.60. The first-order valence-corrected chi connectivity index (χ1v) is 8.83. The molecule has 132 valence electrons. The Morgan fingerprint density at radius 2 is 1.81 bits per heavy atom. The van der Waals surface area contributed by atoms with E-state index in [0.717, 1.165) is 5.69 Å². The van der Waals surface area contributed by atoms with Crippen LogP contribution in [0.25, 0.3) is 0 Å². The molecule has 0 atom stereocenters. The summed E-state index contributed by atoms with van der Waals surface area (Å²) in [6.45, 7) is 1.83. The fourth-order valence-electron chi connectivity index (χ4n) is 2.25. The highest BCUT2D eigenvalue weighted by atomic mass is 32.1. The summed E-state index contributed by atoms with van der Waals surface area (Å²) in [5, 5.41) is 7.41. The first-order chi connectivity index (χ1) is 12.6. The Morgan fingerprint density at radius 1 is 1.08 bits per heavy atom. The number of rotatable bonds is 6. The minimum absolute atomic E-state index is 0.165. The van der Waals surface area contributed by atoms with Crippen molar-refractivity contribution >= 4 is 34.5 Å². The van der Waals surface area contributed by atoms with Crippen LogP contribution in [0, 0.1) is 0 Å². The van der Waals surface area contributed by atoms with E-state index in [4.69, 9.17) is 4.74 Å². The maximum Gasteiger partial charge on any atom is 0.255 e. The summed E-state index contributed by atoms with van der Waals surface area (Å²) in [5.74, 6) is 0.264. The van der Waals surface area contributed by atoms with Crippen LogP contribution in [-0.4, -0.2) is 16.8 Å². The highest BCUT2D eigenvalue weighted by Gasteiger charge is 2.07. The van der Waals surface area contributed by atoms with Gasteiger partial charge in [0.2, 0.25) is 5.91 Å². The molecule has 26 heavy (non-hydrogen) atoms. The van der Waals surface area contributed by atoms with E-state index in [0.29, 0.717) is 29.3 Å². The maximum atomic E-state index is 12.4. The van der Waals surface area contributed by atoms with Crippen LogP contribution in [-0.2, 0) is 11.4 Å². The Hall–Kier alpha value is -3.19. The van der Waals surface area contributed by atoms with Crippen LogP contribution >= 0.6 is 11.3 Å². The van der Waals surface area contributed by atoms with Gasteiger partial charge >= 0.3 is 0 Å². The summed E-state index contributed by atoms with van der Waals surface area (Å²) in [5.41, 5.74) is 4.37. The summed E-state index contributed by atoms with van der Waals surface area (Å²) >= 11 is 1.52. The Morgan fingerprint density at radius 3 is 2.46 bits per heavy atom. The second kappa shape index (κ2) is 8.26. The summed E-state index contributed by atoms with van der Waals surface area (Å²) in [7, 11) is 0. The lowest BCUT2D eigenvalue weighted by Crippen LogP contribution is -2.12. The number of carbonyl (C=O) groups excluding carboxylic acids is 2. The molecule has 2 N–H and O–H groups in total. The van der Waals surface area contributed by atoms with Gasteiger partial charge in [-0.05, 0) is 42.5 Å². The average Bonchev–Trinajstić information content (AvgIpc) is 3.14. The predicted octanol–water partition coefficient (Wildman–Crippen LogP) is 3.93. The molecule has 0 fully saturated rings. The lowest BCUT2D eigenvalue weighted by atomic mass is 10.2. The van der Waals surface area contributed by atoms with Crippen LogP contribution in [0.15, 0.2) is 59.4 Å². The molecule has 1 aromatic heterocycles. The minimum atomic E-state index is -0.240. The zero-order valence-corrected chi connectivity index (χ0v) is 14.9. The van der Waals surface area contributed by atoms with E-state index in [2.05, 4.69) is 15.6 Å². The van der Waals surface area contributed by atoms with Crippen LogP contribution in [0.3, 0.4) is 0 Å². The molecule has 0 unspecified atom stereocenters. The number of carbonyl (C=O) groups is 2. The number of aromatic nitrogens is 1. The lowest BCUT2D eigenvalue weighted by molar-refractivity contribution is -0.114. The molecule has 7 heteroatoms. The van der Waals surface area contributed by atoms with Gasteiger partial charge in [-0.2, -0.15) is 0 Å². The first-order valence-electron chi connectivity index (χ1n) is 7.89. The molecule has 0 aliphatic rings. The molecule has 3 aromatic rings. The van der Waals surface area contributed by atoms with Crippen molar-refractivity contribution in [2.75, 3.05) is 10.6 Å². The normalized spacial score (nSPS) is 10.2. The van der Waals surface area contributed by atoms with Crippen molar-refractivity contribution in [1.82, 2.24) is 4.98 Å². The van der Waals surface area contributed by atoms with Crippen molar-refractivity contribution in [2.45, 2.75) is 13.5 Å². The van der Waals surface area contributed by atoms with Gasteiger partial charge in [0.05, 0.1) is 11.2 Å². The third kappa shape index (κ3) is 4.90. The van der Waals surface area contributed by atoms with Crippen molar-refractivity contribution < 1.29 is 14.3 Å². The lowest BCUT2D eigenvalue weighted by Gasteiger charge is -2.09. The second-order valence-electron chi connectivity index (χ2n) is 5.51. The quantitative estimate of drug-likeness (QED) is 0.692. The fraction of sp³-hybridized carbons (Fsp3) is 0.105. The molecule has 0 aliphatic heterocycles. The van der Waals surface area contributed by atoms with Gasteiger partial charge in [0.15, 0.2) is 0 Å². The molecule has 0 saturated carbocycles. The van der Waals surface area contributed by atoms with Crippen LogP contribution in [0.2, 0.25) is 0 Å². The molecule has 0 bridgehead atoms. The van der Waals surface area contributed by atoms with E-state index >= 15 is 0 Å². The van der Waals surface area contributed by atoms with Crippen molar-refractivity contribution in [3.63, 3.8) is 0 Å². The van der Waals surface area contributed by atoms with E-state index in [1.807, 2.05) is 5.38 Å². The Bertz CT molecular complexity index is 893. The van der Waals surface area contributed by atoms with Crippen molar-refractivity contribution in [3.05, 3.63) is 70.7 Å². The maximum absolute atomic E-state index is 12.4. The molecular weight excluding hydrogens is 350 g/mol. The van der Waals surface area contributed by atoms with Gasteiger partial charge in [-0.1, -0.05) is 6.07 Å². The zero-order valence-electron chi connectivity index (χ0n) is 14.1. The van der Waals surface area contributed by atoms with E-state index in [1.54, 1.807) is 54.0 Å². The number of hydrogen-bond donors (Lipinski definition) is 2. The molecule has 2 aromatic carbocycles. The number of thiazole rings is 1. The van der Waals surface area contributed by atoms with Crippen LogP contribution in [0.5, 0.6) is 5.75 Å². The number of nitrogens with one attached hydrogen (secondary N) is 2. The van der Waals surface area contributed by atoms with E-state index < -0.39 is 0 Å². The molecular formula is C19H17N3O3S. The third-order valence-electron chi connectivity index (χ3n) is 3.43. The van der Waals surface area contributed by atoms with Gasteiger partial charge < -0.3 is 15.4 Å². The molecule has 3 rings (SSSR count). The van der Waals surface area contributed by atoms with E-state index in [-0.39, 0.29) is 11.8 Å². The predicted molar refractivity (Wildman–Crippen MR) is 102 cm³/mol. The molecule has 6 nitrogen and oxygen atoms in total. The van der Waals surface area contributed by atoms with Crippen LogP contribution in [0.4, 0.5) is 11.4 Å². The molecule has 1 heterocycles. The molecule has 0 saturated heterocycles. The Kier molecular flexibility index (Phi) is 5.60. The van der Waals surface area contributed by atoms with Crippen LogP contribution < -0.4 is 15.4 Å². The van der Waals surface area contributed by atoms with Gasteiger partial charge in [-0.3, -0.25) is 9.59 Å². The van der Waals surface area contributed by atoms with Crippen molar-refractivity contribution in [1.29, 1.82) is 0 Å². The smallest absolute Gasteiger partial charge is 0.255 e. The molecule has 0 radical (unpaired) electrons. The largest absolute Gasteiger partial charge is 0.487 e. The van der Waals surface area contributed by atoms with Gasteiger partial charge in [-0.15, -0.1) is 11.3 Å². The average molecular weight is 367 g/mol. The second-order valence-corrected chi connectivity index (χ2v) is 6.23. The summed E-state index contributed by atoms with van der Waals surface area (Å²) in [6, 6.07) is 13.9. The highest BCUT2D eigenvalue weighted by Crippen LogP contribution is 2.18.